The van der Waals surface area contributed by atoms with Crippen LogP contribution in [0, 0.1) is 19.7 Å². The highest BCUT2D eigenvalue weighted by atomic mass is 32.2. The molecule has 34 heavy (non-hydrogen) atoms. The van der Waals surface area contributed by atoms with E-state index in [-0.39, 0.29) is 0 Å². The molecule has 0 saturated heterocycles. The molecule has 0 spiro atoms. The fraction of sp³-hybridized carbons (Fsp3) is 0.250. The molecule has 0 bridgehead atoms. The maximum absolute atomic E-state index is 14.0. The van der Waals surface area contributed by atoms with E-state index >= 15 is 0 Å². The first-order chi connectivity index (χ1) is 16.0. The van der Waals surface area contributed by atoms with Crippen molar-refractivity contribution in [2.75, 3.05) is 13.7 Å². The summed E-state index contributed by atoms with van der Waals surface area (Å²) in [6.45, 7) is 3.69. The maximum atomic E-state index is 14.0. The second-order valence-electron chi connectivity index (χ2n) is 7.72. The van der Waals surface area contributed by atoms with Gasteiger partial charge in [0, 0.05) is 23.5 Å². The van der Waals surface area contributed by atoms with E-state index in [1.54, 1.807) is 20.1 Å². The zero-order valence-corrected chi connectivity index (χ0v) is 19.8. The molecule has 0 fully saturated rings. The molecule has 0 aliphatic rings. The molecule has 0 radical (unpaired) electrons. The van der Waals surface area contributed by atoms with E-state index in [0.717, 1.165) is 47.3 Å². The van der Waals surface area contributed by atoms with Crippen molar-refractivity contribution in [2.45, 2.75) is 31.7 Å². The number of primary sulfonamides is 1. The van der Waals surface area contributed by atoms with Gasteiger partial charge in [-0.3, -0.25) is 4.79 Å². The van der Waals surface area contributed by atoms with Crippen LogP contribution in [0.25, 0.3) is 0 Å². The largest absolute Gasteiger partial charge is 0.497 e. The van der Waals surface area contributed by atoms with E-state index in [0.29, 0.717) is 12.1 Å². The van der Waals surface area contributed by atoms with Gasteiger partial charge in [-0.1, -0.05) is 12.1 Å². The van der Waals surface area contributed by atoms with Gasteiger partial charge in [0.1, 0.15) is 11.6 Å². The molecule has 180 valence electrons. The number of nitrogens with two attached hydrogens (primary N) is 1. The highest BCUT2D eigenvalue weighted by Crippen LogP contribution is 2.19. The van der Waals surface area contributed by atoms with Gasteiger partial charge in [0.05, 0.1) is 17.6 Å². The molecular weight excluding hydrogens is 463 g/mol. The number of nitrogens with zero attached hydrogens (tertiary/aromatic N) is 1. The van der Waals surface area contributed by atoms with Crippen LogP contribution in [0.5, 0.6) is 5.75 Å². The number of hydrogen-bond acceptors (Lipinski definition) is 6. The van der Waals surface area contributed by atoms with Gasteiger partial charge in [0.15, 0.2) is 6.61 Å². The molecule has 0 aliphatic carbocycles. The summed E-state index contributed by atoms with van der Waals surface area (Å²) in [4.78, 5) is 24.5. The lowest BCUT2D eigenvalue weighted by molar-refractivity contribution is 0.0469. The fourth-order valence-corrected chi connectivity index (χ4v) is 4.12. The predicted octanol–water partition coefficient (Wildman–Crippen LogP) is 3.18. The van der Waals surface area contributed by atoms with Crippen molar-refractivity contribution in [2.24, 2.45) is 5.14 Å². The third kappa shape index (κ3) is 5.70. The van der Waals surface area contributed by atoms with Crippen molar-refractivity contribution in [1.82, 2.24) is 4.57 Å². The SMILES string of the molecule is COc1ccc(CCn2c(C)cc(C(=O)COC(=O)c3cc(S(N)(=O)=O)ccc3F)c2C)cc1. The van der Waals surface area contributed by atoms with Crippen LogP contribution in [-0.4, -0.2) is 38.5 Å². The minimum atomic E-state index is -4.14. The third-order valence-electron chi connectivity index (χ3n) is 5.48. The second-order valence-corrected chi connectivity index (χ2v) is 9.28. The molecule has 8 nitrogen and oxygen atoms in total. The lowest BCUT2D eigenvalue weighted by atomic mass is 10.1. The molecule has 2 aromatic carbocycles. The Hall–Kier alpha value is -3.50. The number of methoxy groups -OCH3 is 1. The van der Waals surface area contributed by atoms with Gasteiger partial charge in [-0.15, -0.1) is 0 Å². The number of benzene rings is 2. The minimum absolute atomic E-state index is 0.388. The van der Waals surface area contributed by atoms with Crippen molar-refractivity contribution in [1.29, 1.82) is 0 Å². The number of ketones is 1. The summed E-state index contributed by atoms with van der Waals surface area (Å²) < 4.78 is 49.0. The van der Waals surface area contributed by atoms with Crippen molar-refractivity contribution in [3.05, 3.63) is 82.4 Å². The van der Waals surface area contributed by atoms with Crippen molar-refractivity contribution < 1.29 is 31.9 Å². The molecule has 2 N–H and O–H groups in total. The first kappa shape index (κ1) is 25.1. The zero-order chi connectivity index (χ0) is 25.0. The van der Waals surface area contributed by atoms with Gasteiger partial charge in [-0.25, -0.2) is 22.7 Å². The van der Waals surface area contributed by atoms with Crippen molar-refractivity contribution in [3.8, 4) is 5.75 Å². The summed E-state index contributed by atoms with van der Waals surface area (Å²) in [5.41, 5.74) is 2.46. The number of aryl methyl sites for hydroxylation is 2. The van der Waals surface area contributed by atoms with Gasteiger partial charge >= 0.3 is 5.97 Å². The van der Waals surface area contributed by atoms with Gasteiger partial charge in [-0.05, 0) is 62.2 Å². The first-order valence-corrected chi connectivity index (χ1v) is 11.9. The normalized spacial score (nSPS) is 11.3. The summed E-state index contributed by atoms with van der Waals surface area (Å²) in [5.74, 6) is -1.83. The van der Waals surface area contributed by atoms with Crippen LogP contribution in [-0.2, 0) is 27.7 Å². The van der Waals surface area contributed by atoms with Crippen LogP contribution in [0.3, 0.4) is 0 Å². The quantitative estimate of drug-likeness (QED) is 0.365. The van der Waals surface area contributed by atoms with Crippen molar-refractivity contribution in [3.63, 3.8) is 0 Å². The highest BCUT2D eigenvalue weighted by molar-refractivity contribution is 7.89. The van der Waals surface area contributed by atoms with E-state index in [1.165, 1.54) is 0 Å². The van der Waals surface area contributed by atoms with Crippen LogP contribution in [0.15, 0.2) is 53.4 Å². The smallest absolute Gasteiger partial charge is 0.341 e. The van der Waals surface area contributed by atoms with Crippen LogP contribution in [0.1, 0.15) is 37.7 Å². The lowest BCUT2D eigenvalue weighted by Crippen LogP contribution is -2.18. The molecule has 0 unspecified atom stereocenters. The molecule has 0 amide bonds. The molecule has 10 heteroatoms. The summed E-state index contributed by atoms with van der Waals surface area (Å²) in [7, 11) is -2.53. The average molecular weight is 489 g/mol. The van der Waals surface area contributed by atoms with E-state index in [4.69, 9.17) is 14.6 Å². The first-order valence-electron chi connectivity index (χ1n) is 10.3. The average Bonchev–Trinajstić information content (AvgIpc) is 3.09. The molecule has 3 rings (SSSR count). The minimum Gasteiger partial charge on any atom is -0.497 e. The molecule has 0 saturated carbocycles. The second kappa shape index (κ2) is 10.2. The van der Waals surface area contributed by atoms with Crippen LogP contribution in [0.2, 0.25) is 0 Å². The van der Waals surface area contributed by atoms with Gasteiger partial charge in [0.2, 0.25) is 15.8 Å². The molecule has 0 atom stereocenters. The molecule has 1 heterocycles. The van der Waals surface area contributed by atoms with Crippen LogP contribution >= 0.6 is 0 Å². The number of aromatic nitrogens is 1. The highest BCUT2D eigenvalue weighted by Gasteiger charge is 2.21. The Bertz CT molecular complexity index is 1330. The van der Waals surface area contributed by atoms with Crippen LogP contribution in [0.4, 0.5) is 4.39 Å². The van der Waals surface area contributed by atoms with E-state index in [1.807, 2.05) is 35.8 Å². The van der Waals surface area contributed by atoms with Gasteiger partial charge in [0.25, 0.3) is 0 Å². The number of halogens is 1. The number of esters is 1. The summed E-state index contributed by atoms with van der Waals surface area (Å²) in [6, 6.07) is 11.9. The number of carbonyl (C=O) groups is 2. The monoisotopic (exact) mass is 488 g/mol. The Balaban J connectivity index is 1.68. The van der Waals surface area contributed by atoms with Crippen LogP contribution < -0.4 is 9.88 Å². The predicted molar refractivity (Wildman–Crippen MR) is 123 cm³/mol. The van der Waals surface area contributed by atoms with Gasteiger partial charge < -0.3 is 14.0 Å². The zero-order valence-electron chi connectivity index (χ0n) is 19.0. The van der Waals surface area contributed by atoms with Crippen molar-refractivity contribution >= 4 is 21.8 Å². The Morgan fingerprint density at radius 3 is 2.32 bits per heavy atom. The Kier molecular flexibility index (Phi) is 7.53. The number of rotatable bonds is 9. The van der Waals surface area contributed by atoms with E-state index < -0.39 is 44.7 Å². The number of ether oxygens (including phenoxy) is 2. The molecule has 0 aliphatic heterocycles. The molecule has 1 aromatic heterocycles. The lowest BCUT2D eigenvalue weighted by Gasteiger charge is -2.11. The fourth-order valence-electron chi connectivity index (χ4n) is 3.58. The Labute approximate surface area is 197 Å². The Morgan fingerprint density at radius 2 is 1.71 bits per heavy atom. The summed E-state index contributed by atoms with van der Waals surface area (Å²) in [5, 5.41) is 5.02. The van der Waals surface area contributed by atoms with E-state index in [2.05, 4.69) is 0 Å². The standard InChI is InChI=1S/C24H25FN2O6S/c1-15-12-20(16(2)27(15)11-10-17-4-6-18(32-3)7-5-17)23(28)14-33-24(29)21-13-19(34(26,30)31)8-9-22(21)25/h4-9,12-13H,10-11,14H2,1-3H3,(H2,26,30,31). The van der Waals surface area contributed by atoms with E-state index in [9.17, 15) is 22.4 Å². The third-order valence-corrected chi connectivity index (χ3v) is 6.39. The number of carbonyl (C=O) groups excluding carboxylic acids is 2. The maximum Gasteiger partial charge on any atom is 0.341 e. The molecular formula is C24H25FN2O6S. The Morgan fingerprint density at radius 1 is 1.03 bits per heavy atom. The van der Waals surface area contributed by atoms with Gasteiger partial charge in [-0.2, -0.15) is 0 Å². The molecule has 3 aromatic rings. The number of sulfonamides is 1. The number of hydrogen-bond donors (Lipinski definition) is 1. The summed E-state index contributed by atoms with van der Waals surface area (Å²) in [6.07, 6.45) is 0.739. The number of Topliss-reactive ketones (excluding diaryl/α,β-unsaturated/α-hetero) is 1. The summed E-state index contributed by atoms with van der Waals surface area (Å²) >= 11 is 0. The topological polar surface area (TPSA) is 118 Å².